The van der Waals surface area contributed by atoms with E-state index in [1.807, 2.05) is 6.92 Å². The highest BCUT2D eigenvalue weighted by atomic mass is 16.5. The number of unbranched alkanes of at least 4 members (excludes halogenated alkanes) is 1. The molecule has 0 atom stereocenters. The van der Waals surface area contributed by atoms with Crippen molar-refractivity contribution < 1.29 is 24.5 Å². The van der Waals surface area contributed by atoms with Crippen molar-refractivity contribution in [3.05, 3.63) is 24.3 Å². The van der Waals surface area contributed by atoms with Gasteiger partial charge in [0, 0.05) is 11.1 Å². The second kappa shape index (κ2) is 11.9. The highest BCUT2D eigenvalue weighted by Gasteiger charge is 2.00. The molecule has 0 saturated heterocycles. The summed E-state index contributed by atoms with van der Waals surface area (Å²) in [4.78, 5) is 20.6. The summed E-state index contributed by atoms with van der Waals surface area (Å²) in [6, 6.07) is 0. The average molecular weight is 258 g/mol. The molecular formula is C13H22O5. The maximum Gasteiger partial charge on any atom is 0.333 e. The number of ether oxygens (including phenoxy) is 1. The van der Waals surface area contributed by atoms with Crippen LogP contribution in [0.1, 0.15) is 33.1 Å². The van der Waals surface area contributed by atoms with Crippen molar-refractivity contribution in [1.82, 2.24) is 0 Å². The molecule has 0 aliphatic heterocycles. The molecule has 0 radical (unpaired) electrons. The van der Waals surface area contributed by atoms with E-state index in [2.05, 4.69) is 17.9 Å². The Hall–Kier alpha value is -1.62. The minimum atomic E-state index is -0.872. The molecule has 0 unspecified atom stereocenters. The summed E-state index contributed by atoms with van der Waals surface area (Å²) in [6.07, 6.45) is 2.56. The van der Waals surface area contributed by atoms with Crippen molar-refractivity contribution in [2.45, 2.75) is 33.1 Å². The molecule has 0 aliphatic carbocycles. The van der Waals surface area contributed by atoms with Gasteiger partial charge in [-0.1, -0.05) is 26.5 Å². The molecule has 0 aliphatic rings. The lowest BCUT2D eigenvalue weighted by Gasteiger charge is -1.99. The number of aliphatic carboxylic acids is 1. The number of rotatable bonds is 7. The van der Waals surface area contributed by atoms with Crippen LogP contribution in [0.5, 0.6) is 0 Å². The van der Waals surface area contributed by atoms with Crippen LogP contribution in [-0.2, 0) is 14.3 Å². The molecule has 104 valence electrons. The highest BCUT2D eigenvalue weighted by Crippen LogP contribution is 2.03. The van der Waals surface area contributed by atoms with Crippen LogP contribution < -0.4 is 0 Å². The fraction of sp³-hybridized carbons (Fsp3) is 0.538. The van der Waals surface area contributed by atoms with Crippen LogP contribution in [-0.4, -0.2) is 35.4 Å². The minimum Gasteiger partial charge on any atom is -0.478 e. The number of carbonyl (C=O) groups excluding carboxylic acids is 1. The van der Waals surface area contributed by atoms with Crippen LogP contribution in [0, 0.1) is 0 Å². The van der Waals surface area contributed by atoms with E-state index in [9.17, 15) is 9.59 Å². The Kier molecular flexibility index (Phi) is 12.3. The third kappa shape index (κ3) is 12.4. The molecule has 5 nitrogen and oxygen atoms in total. The monoisotopic (exact) mass is 258 g/mol. The van der Waals surface area contributed by atoms with Gasteiger partial charge in [0.05, 0.1) is 6.61 Å². The lowest BCUT2D eigenvalue weighted by Crippen LogP contribution is -2.08. The van der Waals surface area contributed by atoms with Crippen LogP contribution in [0.4, 0.5) is 0 Å². The number of hydrogen-bond acceptors (Lipinski definition) is 4. The van der Waals surface area contributed by atoms with Crippen LogP contribution in [0.3, 0.4) is 0 Å². The van der Waals surface area contributed by atoms with E-state index in [0.29, 0.717) is 17.6 Å². The normalized spacial score (nSPS) is 8.83. The summed E-state index contributed by atoms with van der Waals surface area (Å²) in [5.74, 6) is -1.33. The minimum absolute atomic E-state index is 0.0473. The Morgan fingerprint density at radius 1 is 1.28 bits per heavy atom. The Balaban J connectivity index is 0. The first-order valence-corrected chi connectivity index (χ1v) is 5.71. The molecule has 0 spiro atoms. The third-order valence-corrected chi connectivity index (χ3v) is 1.81. The van der Waals surface area contributed by atoms with Gasteiger partial charge >= 0.3 is 11.9 Å². The van der Waals surface area contributed by atoms with Crippen molar-refractivity contribution >= 4 is 11.9 Å². The van der Waals surface area contributed by atoms with Gasteiger partial charge in [0.2, 0.25) is 0 Å². The molecule has 0 aromatic heterocycles. The van der Waals surface area contributed by atoms with Crippen molar-refractivity contribution in [3.8, 4) is 0 Å². The Bertz CT molecular complexity index is 264. The SMILES string of the molecule is C=C(C)C(=O)OCCO.C=C(CCCC)C(=O)O. The molecular weight excluding hydrogens is 236 g/mol. The van der Waals surface area contributed by atoms with Crippen molar-refractivity contribution in [2.24, 2.45) is 0 Å². The van der Waals surface area contributed by atoms with E-state index in [4.69, 9.17) is 10.2 Å². The first-order valence-electron chi connectivity index (χ1n) is 5.71. The first kappa shape index (κ1) is 18.7. The average Bonchev–Trinajstić information content (AvgIpc) is 2.33. The molecule has 0 amide bonds. The summed E-state index contributed by atoms with van der Waals surface area (Å²) < 4.78 is 4.46. The number of carboxylic acid groups (broad SMARTS) is 1. The smallest absolute Gasteiger partial charge is 0.333 e. The van der Waals surface area contributed by atoms with E-state index >= 15 is 0 Å². The van der Waals surface area contributed by atoms with E-state index in [-0.39, 0.29) is 13.2 Å². The molecule has 0 rings (SSSR count). The van der Waals surface area contributed by atoms with Crippen molar-refractivity contribution in [1.29, 1.82) is 0 Å². The predicted molar refractivity (Wildman–Crippen MR) is 69.2 cm³/mol. The molecule has 0 bridgehead atoms. The van der Waals surface area contributed by atoms with Gasteiger partial charge in [0.15, 0.2) is 0 Å². The Morgan fingerprint density at radius 2 is 1.83 bits per heavy atom. The summed E-state index contributed by atoms with van der Waals surface area (Å²) in [7, 11) is 0. The van der Waals surface area contributed by atoms with Gasteiger partial charge in [-0.05, 0) is 19.8 Å². The topological polar surface area (TPSA) is 83.8 Å². The molecule has 0 aromatic rings. The second-order valence-electron chi connectivity index (χ2n) is 3.65. The largest absolute Gasteiger partial charge is 0.478 e. The number of hydrogen-bond donors (Lipinski definition) is 2. The van der Waals surface area contributed by atoms with Crippen molar-refractivity contribution in [2.75, 3.05) is 13.2 Å². The zero-order valence-corrected chi connectivity index (χ0v) is 11.1. The van der Waals surface area contributed by atoms with Crippen LogP contribution in [0.2, 0.25) is 0 Å². The zero-order valence-electron chi connectivity index (χ0n) is 11.1. The van der Waals surface area contributed by atoms with Gasteiger partial charge in [0.25, 0.3) is 0 Å². The zero-order chi connectivity index (χ0) is 14.6. The van der Waals surface area contributed by atoms with Gasteiger partial charge in [-0.25, -0.2) is 9.59 Å². The molecule has 0 fully saturated rings. The van der Waals surface area contributed by atoms with Gasteiger partial charge in [-0.15, -0.1) is 0 Å². The second-order valence-corrected chi connectivity index (χ2v) is 3.65. The predicted octanol–water partition coefficient (Wildman–Crippen LogP) is 1.92. The molecule has 0 saturated carbocycles. The van der Waals surface area contributed by atoms with Crippen LogP contribution in [0.15, 0.2) is 24.3 Å². The summed E-state index contributed by atoms with van der Waals surface area (Å²) in [5.41, 5.74) is 0.667. The van der Waals surface area contributed by atoms with E-state index < -0.39 is 11.9 Å². The van der Waals surface area contributed by atoms with E-state index in [0.717, 1.165) is 12.8 Å². The summed E-state index contributed by atoms with van der Waals surface area (Å²) in [5, 5.41) is 16.5. The number of aliphatic hydroxyl groups excluding tert-OH is 1. The maximum absolute atomic E-state index is 10.5. The Morgan fingerprint density at radius 3 is 2.17 bits per heavy atom. The molecule has 18 heavy (non-hydrogen) atoms. The van der Waals surface area contributed by atoms with Crippen molar-refractivity contribution in [3.63, 3.8) is 0 Å². The van der Waals surface area contributed by atoms with E-state index in [1.54, 1.807) is 6.92 Å². The number of aliphatic hydroxyl groups is 1. The molecule has 0 heterocycles. The lowest BCUT2D eigenvalue weighted by molar-refractivity contribution is -0.140. The first-order chi connectivity index (χ1) is 8.36. The lowest BCUT2D eigenvalue weighted by atomic mass is 10.1. The van der Waals surface area contributed by atoms with E-state index in [1.165, 1.54) is 0 Å². The highest BCUT2D eigenvalue weighted by molar-refractivity contribution is 5.86. The van der Waals surface area contributed by atoms with Gasteiger partial charge in [-0.3, -0.25) is 0 Å². The fourth-order valence-corrected chi connectivity index (χ4v) is 0.759. The number of esters is 1. The third-order valence-electron chi connectivity index (χ3n) is 1.81. The number of carboxylic acids is 1. The summed E-state index contributed by atoms with van der Waals surface area (Å²) in [6.45, 7) is 10.2. The molecule has 0 aromatic carbocycles. The van der Waals surface area contributed by atoms with Crippen LogP contribution in [0.25, 0.3) is 0 Å². The standard InChI is InChI=1S/C7H12O2.C6H10O3/c1-3-4-5-6(2)7(8)9;1-5(2)6(8)9-4-3-7/h2-5H2,1H3,(H,8,9);7H,1,3-4H2,2H3. The fourth-order valence-electron chi connectivity index (χ4n) is 0.759. The van der Waals surface area contributed by atoms with Gasteiger partial charge in [0.1, 0.15) is 6.61 Å². The maximum atomic E-state index is 10.5. The molecule has 5 heteroatoms. The van der Waals surface area contributed by atoms with Gasteiger partial charge < -0.3 is 14.9 Å². The van der Waals surface area contributed by atoms with Gasteiger partial charge in [-0.2, -0.15) is 0 Å². The van der Waals surface area contributed by atoms with Crippen LogP contribution >= 0.6 is 0 Å². The number of carbonyl (C=O) groups is 2. The Labute approximate surface area is 108 Å². The quantitative estimate of drug-likeness (QED) is 0.538. The molecule has 2 N–H and O–H groups in total. The summed E-state index contributed by atoms with van der Waals surface area (Å²) >= 11 is 0.